The van der Waals surface area contributed by atoms with Crippen LogP contribution in [0.15, 0.2) is 41.4 Å². The van der Waals surface area contributed by atoms with Crippen molar-refractivity contribution in [1.29, 1.82) is 0 Å². The zero-order valence-electron chi connectivity index (χ0n) is 17.8. The summed E-state index contributed by atoms with van der Waals surface area (Å²) in [7, 11) is -2.23. The number of pyridine rings is 1. The average molecular weight is 449 g/mol. The Morgan fingerprint density at radius 2 is 2.00 bits per heavy atom. The Balaban J connectivity index is 1.63. The molecule has 1 saturated heterocycles. The number of rotatable bonds is 9. The van der Waals surface area contributed by atoms with E-state index in [1.165, 1.54) is 19.2 Å². The molecular formula is C21H28N4O5S. The minimum Gasteiger partial charge on any atom is -0.383 e. The van der Waals surface area contributed by atoms with Gasteiger partial charge in [-0.25, -0.2) is 18.1 Å². The van der Waals surface area contributed by atoms with Gasteiger partial charge in [0.05, 0.1) is 24.7 Å². The van der Waals surface area contributed by atoms with Crippen LogP contribution in [0.25, 0.3) is 0 Å². The fourth-order valence-corrected chi connectivity index (χ4v) is 4.19. The summed E-state index contributed by atoms with van der Waals surface area (Å²) in [5.74, 6) is 0.539. The third-order valence-corrected chi connectivity index (χ3v) is 6.42. The summed E-state index contributed by atoms with van der Waals surface area (Å²) in [6, 6.07) is 8.34. The molecule has 1 fully saturated rings. The van der Waals surface area contributed by atoms with Crippen LogP contribution >= 0.6 is 0 Å². The fraction of sp³-hybridized carbons (Fsp3) is 0.429. The summed E-state index contributed by atoms with van der Waals surface area (Å²) >= 11 is 0. The molecule has 9 nitrogen and oxygen atoms in total. The molecular weight excluding hydrogens is 420 g/mol. The zero-order valence-corrected chi connectivity index (χ0v) is 18.6. The summed E-state index contributed by atoms with van der Waals surface area (Å²) in [5, 5.41) is 2.84. The molecule has 0 unspecified atom stereocenters. The molecule has 0 aliphatic carbocycles. The van der Waals surface area contributed by atoms with Crippen molar-refractivity contribution in [3.05, 3.63) is 53.2 Å². The normalized spacial score (nSPS) is 14.5. The molecule has 1 amide bonds. The Kier molecular flexibility index (Phi) is 7.97. The van der Waals surface area contributed by atoms with Gasteiger partial charge in [0.25, 0.3) is 5.91 Å². The molecule has 0 radical (unpaired) electrons. The second kappa shape index (κ2) is 10.7. The number of aryl methyl sites for hydroxylation is 1. The minimum atomic E-state index is -3.72. The maximum atomic E-state index is 12.7. The maximum absolute atomic E-state index is 12.7. The number of ether oxygens (including phenoxy) is 2. The molecule has 0 bridgehead atoms. The van der Waals surface area contributed by atoms with Crippen LogP contribution in [0.3, 0.4) is 0 Å². The molecule has 0 atom stereocenters. The Labute approximate surface area is 182 Å². The van der Waals surface area contributed by atoms with Crippen LogP contribution in [0.5, 0.6) is 0 Å². The molecule has 1 aromatic carbocycles. The molecule has 31 heavy (non-hydrogen) atoms. The predicted molar refractivity (Wildman–Crippen MR) is 117 cm³/mol. The molecule has 10 heteroatoms. The van der Waals surface area contributed by atoms with Crippen LogP contribution in [0.2, 0.25) is 0 Å². The Morgan fingerprint density at radius 1 is 1.23 bits per heavy atom. The molecule has 168 valence electrons. The molecule has 1 aliphatic heterocycles. The SMILES string of the molecule is COCCNS(=O)(=O)c1ccc(C)c(C(=O)NCc2ccc(N3CCOCC3)nc2)c1. The highest BCUT2D eigenvalue weighted by atomic mass is 32.2. The number of anilines is 1. The van der Waals surface area contributed by atoms with E-state index >= 15 is 0 Å². The van der Waals surface area contributed by atoms with E-state index in [1.807, 2.05) is 12.1 Å². The number of nitrogens with zero attached hydrogens (tertiary/aromatic N) is 2. The highest BCUT2D eigenvalue weighted by Gasteiger charge is 2.18. The van der Waals surface area contributed by atoms with Crippen LogP contribution in [-0.2, 0) is 26.0 Å². The second-order valence-corrected chi connectivity index (χ2v) is 8.94. The van der Waals surface area contributed by atoms with Crippen LogP contribution < -0.4 is 14.9 Å². The lowest BCUT2D eigenvalue weighted by Gasteiger charge is -2.27. The summed E-state index contributed by atoms with van der Waals surface area (Å²) in [5.41, 5.74) is 1.86. The third-order valence-electron chi connectivity index (χ3n) is 4.96. The first-order chi connectivity index (χ1) is 14.9. The summed E-state index contributed by atoms with van der Waals surface area (Å²) in [6.45, 7) is 5.47. The first-order valence-corrected chi connectivity index (χ1v) is 11.5. The van der Waals surface area contributed by atoms with Gasteiger partial charge >= 0.3 is 0 Å². The smallest absolute Gasteiger partial charge is 0.251 e. The number of sulfonamides is 1. The first-order valence-electron chi connectivity index (χ1n) is 10.1. The number of benzene rings is 1. The van der Waals surface area contributed by atoms with Gasteiger partial charge in [-0.3, -0.25) is 4.79 Å². The summed E-state index contributed by atoms with van der Waals surface area (Å²) < 4.78 is 37.5. The van der Waals surface area contributed by atoms with Gasteiger partial charge in [-0.05, 0) is 36.2 Å². The molecule has 2 N–H and O–H groups in total. The van der Waals surface area contributed by atoms with Crippen molar-refractivity contribution in [2.75, 3.05) is 51.5 Å². The van der Waals surface area contributed by atoms with E-state index in [0.29, 0.717) is 24.3 Å². The van der Waals surface area contributed by atoms with Crippen molar-refractivity contribution in [2.45, 2.75) is 18.4 Å². The van der Waals surface area contributed by atoms with Gasteiger partial charge in [-0.1, -0.05) is 12.1 Å². The van der Waals surface area contributed by atoms with E-state index in [0.717, 1.165) is 24.5 Å². The number of amides is 1. The Bertz CT molecular complexity index is 989. The van der Waals surface area contributed by atoms with Gasteiger partial charge in [0.15, 0.2) is 0 Å². The summed E-state index contributed by atoms with van der Waals surface area (Å²) in [4.78, 5) is 19.4. The van der Waals surface area contributed by atoms with Crippen LogP contribution in [0.4, 0.5) is 5.82 Å². The monoisotopic (exact) mass is 448 g/mol. The standard InChI is InChI=1S/C21H28N4O5S/c1-16-3-5-18(31(27,28)24-7-10-29-2)13-19(16)21(26)23-15-17-4-6-20(22-14-17)25-8-11-30-12-9-25/h3-6,13-14,24H,7-12,15H2,1-2H3,(H,23,26). The molecule has 2 aromatic rings. The number of hydrogen-bond donors (Lipinski definition) is 2. The van der Waals surface area contributed by atoms with E-state index in [4.69, 9.17) is 9.47 Å². The number of carbonyl (C=O) groups excluding carboxylic acids is 1. The van der Waals surface area contributed by atoms with E-state index in [-0.39, 0.29) is 30.5 Å². The number of aromatic nitrogens is 1. The van der Waals surface area contributed by atoms with Gasteiger partial charge in [0.1, 0.15) is 5.82 Å². The number of morpholine rings is 1. The lowest BCUT2D eigenvalue weighted by atomic mass is 10.1. The molecule has 0 spiro atoms. The highest BCUT2D eigenvalue weighted by molar-refractivity contribution is 7.89. The van der Waals surface area contributed by atoms with Crippen molar-refractivity contribution in [3.8, 4) is 0 Å². The Morgan fingerprint density at radius 3 is 2.68 bits per heavy atom. The summed E-state index contributed by atoms with van der Waals surface area (Å²) in [6.07, 6.45) is 1.73. The molecule has 2 heterocycles. The zero-order chi connectivity index (χ0) is 22.3. The minimum absolute atomic E-state index is 0.0379. The van der Waals surface area contributed by atoms with Gasteiger partial charge < -0.3 is 19.7 Å². The van der Waals surface area contributed by atoms with Crippen molar-refractivity contribution in [1.82, 2.24) is 15.0 Å². The van der Waals surface area contributed by atoms with Crippen LogP contribution in [-0.4, -0.2) is 65.9 Å². The van der Waals surface area contributed by atoms with Gasteiger partial charge in [0.2, 0.25) is 10.0 Å². The van der Waals surface area contributed by atoms with Gasteiger partial charge in [0, 0.05) is 45.0 Å². The Hall–Kier alpha value is -2.53. The lowest BCUT2D eigenvalue weighted by Crippen LogP contribution is -2.36. The number of hydrogen-bond acceptors (Lipinski definition) is 7. The first kappa shape index (κ1) is 23.1. The lowest BCUT2D eigenvalue weighted by molar-refractivity contribution is 0.0950. The van der Waals surface area contributed by atoms with Gasteiger partial charge in [-0.15, -0.1) is 0 Å². The third kappa shape index (κ3) is 6.23. The largest absolute Gasteiger partial charge is 0.383 e. The molecule has 1 aliphatic rings. The van der Waals surface area contributed by atoms with Gasteiger partial charge in [-0.2, -0.15) is 0 Å². The highest BCUT2D eigenvalue weighted by Crippen LogP contribution is 2.17. The second-order valence-electron chi connectivity index (χ2n) is 7.17. The average Bonchev–Trinajstić information content (AvgIpc) is 2.78. The topological polar surface area (TPSA) is 110 Å². The quantitative estimate of drug-likeness (QED) is 0.553. The van der Waals surface area contributed by atoms with E-state index in [1.54, 1.807) is 19.2 Å². The van der Waals surface area contributed by atoms with E-state index in [2.05, 4.69) is 19.9 Å². The van der Waals surface area contributed by atoms with E-state index < -0.39 is 10.0 Å². The fourth-order valence-electron chi connectivity index (χ4n) is 3.15. The molecule has 1 aromatic heterocycles. The molecule has 3 rings (SSSR count). The predicted octanol–water partition coefficient (Wildman–Crippen LogP) is 1.08. The van der Waals surface area contributed by atoms with E-state index in [9.17, 15) is 13.2 Å². The number of carbonyl (C=O) groups is 1. The van der Waals surface area contributed by atoms with Crippen molar-refractivity contribution >= 4 is 21.7 Å². The number of methoxy groups -OCH3 is 1. The van der Waals surface area contributed by atoms with Crippen molar-refractivity contribution in [3.63, 3.8) is 0 Å². The van der Waals surface area contributed by atoms with Crippen LogP contribution in [0.1, 0.15) is 21.5 Å². The maximum Gasteiger partial charge on any atom is 0.251 e. The van der Waals surface area contributed by atoms with Crippen molar-refractivity contribution < 1.29 is 22.7 Å². The molecule has 0 saturated carbocycles. The van der Waals surface area contributed by atoms with Crippen molar-refractivity contribution in [2.24, 2.45) is 0 Å². The van der Waals surface area contributed by atoms with Crippen LogP contribution in [0, 0.1) is 6.92 Å². The number of nitrogens with one attached hydrogen (secondary N) is 2.